The number of carboxylic acids is 1. The van der Waals surface area contributed by atoms with Gasteiger partial charge in [0, 0.05) is 14.1 Å². The Labute approximate surface area is 147 Å². The molecule has 1 aromatic rings. The van der Waals surface area contributed by atoms with Gasteiger partial charge in [-0.3, -0.25) is 9.59 Å². The zero-order valence-corrected chi connectivity index (χ0v) is 15.8. The van der Waals surface area contributed by atoms with Crippen molar-refractivity contribution in [1.82, 2.24) is 5.32 Å². The monoisotopic (exact) mass is 467 g/mol. The standard InChI is InChI=1S/C15H19BrINO3/c1-9(15(20)21)4-3-5-10(2)18-14(19)12-8-11(16)6-7-13(12)17/h6-10H,3-5H2,1-2H3,(H,18,19)(H,20,21). The van der Waals surface area contributed by atoms with Gasteiger partial charge in [0.15, 0.2) is 0 Å². The van der Waals surface area contributed by atoms with Crippen LogP contribution in [0.3, 0.4) is 0 Å². The Kier molecular flexibility index (Phi) is 7.65. The van der Waals surface area contributed by atoms with E-state index >= 15 is 0 Å². The van der Waals surface area contributed by atoms with Gasteiger partial charge in [0.05, 0.1) is 11.5 Å². The second kappa shape index (κ2) is 8.73. The van der Waals surface area contributed by atoms with E-state index in [1.807, 2.05) is 19.1 Å². The Morgan fingerprint density at radius 2 is 2.00 bits per heavy atom. The van der Waals surface area contributed by atoms with Crippen molar-refractivity contribution in [3.8, 4) is 0 Å². The van der Waals surface area contributed by atoms with Crippen LogP contribution in [-0.2, 0) is 4.79 Å². The third-order valence-corrected chi connectivity index (χ3v) is 4.68. The minimum Gasteiger partial charge on any atom is -0.481 e. The minimum absolute atomic E-state index is 0.0216. The van der Waals surface area contributed by atoms with Gasteiger partial charge in [-0.25, -0.2) is 0 Å². The van der Waals surface area contributed by atoms with Gasteiger partial charge in [-0.05, 0) is 60.6 Å². The van der Waals surface area contributed by atoms with Gasteiger partial charge >= 0.3 is 5.97 Å². The molecule has 0 saturated heterocycles. The van der Waals surface area contributed by atoms with Crippen molar-refractivity contribution in [3.05, 3.63) is 31.8 Å². The van der Waals surface area contributed by atoms with Gasteiger partial charge in [-0.2, -0.15) is 0 Å². The molecule has 0 spiro atoms. The maximum Gasteiger partial charge on any atom is 0.306 e. The number of halogens is 2. The lowest BCUT2D eigenvalue weighted by Gasteiger charge is -2.15. The zero-order chi connectivity index (χ0) is 16.0. The summed E-state index contributed by atoms with van der Waals surface area (Å²) in [4.78, 5) is 22.9. The van der Waals surface area contributed by atoms with Crippen molar-refractivity contribution in [1.29, 1.82) is 0 Å². The van der Waals surface area contributed by atoms with Gasteiger partial charge in [-0.15, -0.1) is 0 Å². The Bertz CT molecular complexity index is 522. The fraction of sp³-hybridized carbons (Fsp3) is 0.467. The highest BCUT2D eigenvalue weighted by Crippen LogP contribution is 2.19. The van der Waals surface area contributed by atoms with Gasteiger partial charge in [0.1, 0.15) is 0 Å². The first-order valence-electron chi connectivity index (χ1n) is 6.80. The summed E-state index contributed by atoms with van der Waals surface area (Å²) in [6.45, 7) is 3.64. The van der Waals surface area contributed by atoms with Crippen molar-refractivity contribution in [3.63, 3.8) is 0 Å². The van der Waals surface area contributed by atoms with E-state index in [-0.39, 0.29) is 17.9 Å². The molecule has 0 bridgehead atoms. The molecule has 6 heteroatoms. The second-order valence-electron chi connectivity index (χ2n) is 5.17. The molecule has 1 amide bonds. The first-order valence-corrected chi connectivity index (χ1v) is 8.67. The molecule has 2 unspecified atom stereocenters. The normalized spacial score (nSPS) is 13.5. The number of rotatable bonds is 7. The van der Waals surface area contributed by atoms with Crippen LogP contribution in [-0.4, -0.2) is 23.0 Å². The quantitative estimate of drug-likeness (QED) is 0.594. The third-order valence-electron chi connectivity index (χ3n) is 3.25. The summed E-state index contributed by atoms with van der Waals surface area (Å²) >= 11 is 5.50. The fourth-order valence-electron chi connectivity index (χ4n) is 1.90. The number of benzene rings is 1. The Morgan fingerprint density at radius 1 is 1.33 bits per heavy atom. The number of carboxylic acid groups (broad SMARTS) is 1. The summed E-state index contributed by atoms with van der Waals surface area (Å²) in [7, 11) is 0. The van der Waals surface area contributed by atoms with E-state index < -0.39 is 5.97 Å². The lowest BCUT2D eigenvalue weighted by molar-refractivity contribution is -0.141. The average Bonchev–Trinajstić information content (AvgIpc) is 2.41. The van der Waals surface area contributed by atoms with Crippen molar-refractivity contribution in [2.24, 2.45) is 5.92 Å². The van der Waals surface area contributed by atoms with Crippen molar-refractivity contribution in [2.45, 2.75) is 39.2 Å². The summed E-state index contributed by atoms with van der Waals surface area (Å²) in [5, 5.41) is 11.8. The van der Waals surface area contributed by atoms with Crippen LogP contribution in [0, 0.1) is 9.49 Å². The van der Waals surface area contributed by atoms with E-state index in [0.717, 1.165) is 20.9 Å². The third kappa shape index (κ3) is 6.34. The molecule has 0 saturated carbocycles. The molecule has 0 radical (unpaired) electrons. The van der Waals surface area contributed by atoms with Gasteiger partial charge in [0.25, 0.3) is 5.91 Å². The maximum absolute atomic E-state index is 12.2. The van der Waals surface area contributed by atoms with Crippen LogP contribution in [0.4, 0.5) is 0 Å². The average molecular weight is 468 g/mol. The molecule has 4 nitrogen and oxygen atoms in total. The number of nitrogens with one attached hydrogen (secondary N) is 1. The predicted octanol–water partition coefficient (Wildman–Crippen LogP) is 4.06. The van der Waals surface area contributed by atoms with Crippen LogP contribution >= 0.6 is 38.5 Å². The van der Waals surface area contributed by atoms with Crippen LogP contribution in [0.15, 0.2) is 22.7 Å². The number of hydrogen-bond donors (Lipinski definition) is 2. The molecule has 2 atom stereocenters. The highest BCUT2D eigenvalue weighted by Gasteiger charge is 2.15. The Hall–Kier alpha value is -0.630. The molecule has 0 aliphatic carbocycles. The van der Waals surface area contributed by atoms with E-state index in [9.17, 15) is 9.59 Å². The SMILES string of the molecule is CC(CCCC(C)C(=O)O)NC(=O)c1cc(Br)ccc1I. The highest BCUT2D eigenvalue weighted by molar-refractivity contribution is 14.1. The summed E-state index contributed by atoms with van der Waals surface area (Å²) in [6, 6.07) is 5.61. The number of aliphatic carboxylic acids is 1. The first-order chi connectivity index (χ1) is 9.81. The summed E-state index contributed by atoms with van der Waals surface area (Å²) < 4.78 is 1.77. The van der Waals surface area contributed by atoms with Crippen molar-refractivity contribution in [2.75, 3.05) is 0 Å². The molecular formula is C15H19BrINO3. The molecular weight excluding hydrogens is 449 g/mol. The first kappa shape index (κ1) is 18.4. The topological polar surface area (TPSA) is 66.4 Å². The minimum atomic E-state index is -0.768. The molecule has 21 heavy (non-hydrogen) atoms. The molecule has 0 aliphatic rings. The second-order valence-corrected chi connectivity index (χ2v) is 7.25. The number of hydrogen-bond acceptors (Lipinski definition) is 2. The molecule has 0 heterocycles. The van der Waals surface area contributed by atoms with Crippen molar-refractivity contribution >= 4 is 50.4 Å². The molecule has 0 fully saturated rings. The molecule has 0 aromatic heterocycles. The van der Waals surface area contributed by atoms with E-state index in [2.05, 4.69) is 43.8 Å². The van der Waals surface area contributed by atoms with Gasteiger partial charge < -0.3 is 10.4 Å². The largest absolute Gasteiger partial charge is 0.481 e. The predicted molar refractivity (Wildman–Crippen MR) is 94.4 cm³/mol. The number of amides is 1. The van der Waals surface area contributed by atoms with Gasteiger partial charge in [-0.1, -0.05) is 29.3 Å². The van der Waals surface area contributed by atoms with E-state index in [1.54, 1.807) is 13.0 Å². The maximum atomic E-state index is 12.2. The Morgan fingerprint density at radius 3 is 2.62 bits per heavy atom. The summed E-state index contributed by atoms with van der Waals surface area (Å²) in [5.41, 5.74) is 0.649. The lowest BCUT2D eigenvalue weighted by Crippen LogP contribution is -2.33. The summed E-state index contributed by atoms with van der Waals surface area (Å²) in [6.07, 6.45) is 2.18. The fourth-order valence-corrected chi connectivity index (χ4v) is 2.84. The number of carbonyl (C=O) groups is 2. The molecule has 116 valence electrons. The smallest absolute Gasteiger partial charge is 0.306 e. The highest BCUT2D eigenvalue weighted by atomic mass is 127. The van der Waals surface area contributed by atoms with Crippen LogP contribution in [0.5, 0.6) is 0 Å². The van der Waals surface area contributed by atoms with E-state index in [1.165, 1.54) is 0 Å². The number of carbonyl (C=O) groups excluding carboxylic acids is 1. The molecule has 1 rings (SSSR count). The molecule has 0 aliphatic heterocycles. The van der Waals surface area contributed by atoms with Crippen LogP contribution in [0.1, 0.15) is 43.5 Å². The van der Waals surface area contributed by atoms with Crippen LogP contribution in [0.25, 0.3) is 0 Å². The summed E-state index contributed by atoms with van der Waals surface area (Å²) in [5.74, 6) is -1.20. The van der Waals surface area contributed by atoms with E-state index in [4.69, 9.17) is 5.11 Å². The molecule has 2 N–H and O–H groups in total. The molecule has 1 aromatic carbocycles. The zero-order valence-electron chi connectivity index (χ0n) is 12.0. The van der Waals surface area contributed by atoms with Crippen LogP contribution < -0.4 is 5.32 Å². The van der Waals surface area contributed by atoms with Crippen LogP contribution in [0.2, 0.25) is 0 Å². The van der Waals surface area contributed by atoms with E-state index in [0.29, 0.717) is 12.0 Å². The van der Waals surface area contributed by atoms with Gasteiger partial charge in [0.2, 0.25) is 0 Å². The lowest BCUT2D eigenvalue weighted by atomic mass is 10.0. The Balaban J connectivity index is 2.47. The van der Waals surface area contributed by atoms with Crippen molar-refractivity contribution < 1.29 is 14.7 Å².